The van der Waals surface area contributed by atoms with Crippen molar-refractivity contribution >= 4 is 32.0 Å². The molecule has 0 rings (SSSR count). The smallest absolute Gasteiger partial charge is 0.468 e. The average molecular weight is 527 g/mol. The first-order chi connectivity index (χ1) is 16.4. The van der Waals surface area contributed by atoms with Gasteiger partial charge in [0.1, 0.15) is 6.10 Å². The number of unbranched alkanes of at least 4 members (excludes halogenated alkanes) is 13. The van der Waals surface area contributed by atoms with E-state index in [1.165, 1.54) is 32.1 Å². The van der Waals surface area contributed by atoms with E-state index in [0.717, 1.165) is 70.0 Å². The van der Waals surface area contributed by atoms with Crippen molar-refractivity contribution < 1.29 is 37.9 Å². The van der Waals surface area contributed by atoms with E-state index in [2.05, 4.69) is 16.2 Å². The summed E-state index contributed by atoms with van der Waals surface area (Å²) in [6, 6.07) is 0. The van der Waals surface area contributed by atoms with E-state index in [0.29, 0.717) is 25.3 Å². The Morgan fingerprint density at radius 1 is 0.882 bits per heavy atom. The summed E-state index contributed by atoms with van der Waals surface area (Å²) in [4.78, 5) is 40.2. The average Bonchev–Trinajstić information content (AvgIpc) is 2.79. The van der Waals surface area contributed by atoms with Gasteiger partial charge in [0.15, 0.2) is 0 Å². The quantitative estimate of drug-likeness (QED) is 0.0589. The normalized spacial score (nSPS) is 12.4. The number of rotatable bonds is 26. The third-order valence-corrected chi connectivity index (χ3v) is 7.05. The molecule has 8 nitrogen and oxygen atoms in total. The largest absolute Gasteiger partial charge is 0.469 e. The van der Waals surface area contributed by atoms with Crippen molar-refractivity contribution in [3.63, 3.8) is 0 Å². The van der Waals surface area contributed by atoms with Crippen LogP contribution in [0.2, 0.25) is 0 Å². The maximum Gasteiger partial charge on any atom is 0.469 e. The lowest BCUT2D eigenvalue weighted by molar-refractivity contribution is -0.149. The second-order valence-electron chi connectivity index (χ2n) is 8.64. The number of phosphoric acid groups is 1. The Bertz CT molecular complexity index is 529. The third-order valence-electron chi connectivity index (χ3n) is 5.38. The van der Waals surface area contributed by atoms with E-state index >= 15 is 0 Å². The van der Waals surface area contributed by atoms with E-state index in [-0.39, 0.29) is 12.6 Å². The van der Waals surface area contributed by atoms with Gasteiger partial charge in [-0.15, -0.1) is 0 Å². The molecular formula is C24H47O8PS. The summed E-state index contributed by atoms with van der Waals surface area (Å²) in [5, 5.41) is 0. The van der Waals surface area contributed by atoms with Gasteiger partial charge in [-0.2, -0.15) is 11.8 Å². The highest BCUT2D eigenvalue weighted by Crippen LogP contribution is 2.36. The zero-order valence-corrected chi connectivity index (χ0v) is 22.7. The standard InChI is InChI=1S/C24H47O8PS/c1-2-3-4-5-6-8-11-14-17-24(26)32-23(20-31-33(27,28)29)21-34-19-16-13-10-7-9-12-15-18-30-22-25/h22-23H,2-21H2,1H3,(H2,27,28,29)/t23-/m1/s1. The van der Waals surface area contributed by atoms with Gasteiger partial charge in [0.05, 0.1) is 13.2 Å². The number of hydrogen-bond acceptors (Lipinski definition) is 7. The monoisotopic (exact) mass is 526 g/mol. The lowest BCUT2D eigenvalue weighted by Gasteiger charge is -2.18. The van der Waals surface area contributed by atoms with E-state index in [1.807, 2.05) is 0 Å². The van der Waals surface area contributed by atoms with Gasteiger partial charge >= 0.3 is 13.8 Å². The Morgan fingerprint density at radius 2 is 1.44 bits per heavy atom. The van der Waals surface area contributed by atoms with Crippen molar-refractivity contribution in [3.05, 3.63) is 0 Å². The second-order valence-corrected chi connectivity index (χ2v) is 11.0. The molecule has 0 aliphatic carbocycles. The first kappa shape index (κ1) is 33.4. The van der Waals surface area contributed by atoms with Gasteiger partial charge in [0.25, 0.3) is 6.47 Å². The van der Waals surface area contributed by atoms with E-state index < -0.39 is 13.9 Å². The highest BCUT2D eigenvalue weighted by atomic mass is 32.2. The molecule has 0 saturated carbocycles. The molecule has 0 amide bonds. The fourth-order valence-corrected chi connectivity index (χ4v) is 4.84. The lowest BCUT2D eigenvalue weighted by Crippen LogP contribution is -2.25. The molecule has 0 radical (unpaired) electrons. The minimum atomic E-state index is -4.60. The highest BCUT2D eigenvalue weighted by molar-refractivity contribution is 7.99. The van der Waals surface area contributed by atoms with Crippen LogP contribution >= 0.6 is 19.6 Å². The summed E-state index contributed by atoms with van der Waals surface area (Å²) >= 11 is 1.61. The molecule has 1 atom stereocenters. The van der Waals surface area contributed by atoms with Crippen LogP contribution in [0.25, 0.3) is 0 Å². The van der Waals surface area contributed by atoms with Crippen molar-refractivity contribution in [2.75, 3.05) is 24.7 Å². The highest BCUT2D eigenvalue weighted by Gasteiger charge is 2.21. The van der Waals surface area contributed by atoms with Gasteiger partial charge in [0.2, 0.25) is 0 Å². The Hall–Kier alpha value is -0.600. The summed E-state index contributed by atoms with van der Waals surface area (Å²) in [7, 11) is -4.60. The van der Waals surface area contributed by atoms with Crippen molar-refractivity contribution in [3.8, 4) is 0 Å². The van der Waals surface area contributed by atoms with Crippen molar-refractivity contribution in [2.45, 2.75) is 116 Å². The van der Waals surface area contributed by atoms with E-state index in [1.54, 1.807) is 11.8 Å². The third kappa shape index (κ3) is 26.0. The first-order valence-electron chi connectivity index (χ1n) is 12.9. The van der Waals surface area contributed by atoms with Crippen LogP contribution in [-0.4, -0.2) is 53.1 Å². The molecule has 0 aliphatic heterocycles. The van der Waals surface area contributed by atoms with Gasteiger partial charge in [-0.1, -0.05) is 84.0 Å². The van der Waals surface area contributed by atoms with Crippen LogP contribution in [0.4, 0.5) is 0 Å². The predicted octanol–water partition coefficient (Wildman–Crippen LogP) is 6.18. The molecule has 202 valence electrons. The maximum atomic E-state index is 12.2. The minimum Gasteiger partial charge on any atom is -0.468 e. The van der Waals surface area contributed by atoms with Crippen LogP contribution in [0.3, 0.4) is 0 Å². The summed E-state index contributed by atoms with van der Waals surface area (Å²) < 4.78 is 25.7. The fourth-order valence-electron chi connectivity index (χ4n) is 3.48. The molecule has 0 aromatic carbocycles. The summed E-state index contributed by atoms with van der Waals surface area (Å²) in [5.41, 5.74) is 0. The topological polar surface area (TPSA) is 119 Å². The zero-order valence-electron chi connectivity index (χ0n) is 21.0. The number of carbonyl (C=O) groups excluding carboxylic acids is 2. The van der Waals surface area contributed by atoms with Crippen LogP contribution in [0.5, 0.6) is 0 Å². The number of thioether (sulfide) groups is 1. The molecule has 10 heteroatoms. The Morgan fingerprint density at radius 3 is 2.03 bits per heavy atom. The van der Waals surface area contributed by atoms with Crippen LogP contribution in [0, 0.1) is 0 Å². The predicted molar refractivity (Wildman–Crippen MR) is 137 cm³/mol. The molecule has 2 N–H and O–H groups in total. The van der Waals surface area contributed by atoms with Gasteiger partial charge < -0.3 is 19.3 Å². The Labute approximate surface area is 210 Å². The molecule has 0 aliphatic rings. The SMILES string of the molecule is CCCCCCCCCCC(=O)O[C@H](COP(=O)(O)O)CSCCCCCCCCCOC=O. The zero-order chi connectivity index (χ0) is 25.3. The van der Waals surface area contributed by atoms with E-state index in [9.17, 15) is 14.2 Å². The summed E-state index contributed by atoms with van der Waals surface area (Å²) in [5.74, 6) is 1.03. The lowest BCUT2D eigenvalue weighted by atomic mass is 10.1. The van der Waals surface area contributed by atoms with Gasteiger partial charge in [-0.3, -0.25) is 14.1 Å². The summed E-state index contributed by atoms with van der Waals surface area (Å²) in [6.07, 6.45) is 16.3. The van der Waals surface area contributed by atoms with Crippen molar-refractivity contribution in [1.82, 2.24) is 0 Å². The maximum absolute atomic E-state index is 12.2. The summed E-state index contributed by atoms with van der Waals surface area (Å²) in [6.45, 7) is 2.88. The molecule has 0 aromatic rings. The Balaban J connectivity index is 3.93. The fraction of sp³-hybridized carbons (Fsp3) is 0.917. The molecule has 0 heterocycles. The first-order valence-corrected chi connectivity index (χ1v) is 15.6. The van der Waals surface area contributed by atoms with Crippen LogP contribution in [0.15, 0.2) is 0 Å². The number of ether oxygens (including phenoxy) is 2. The van der Waals surface area contributed by atoms with Gasteiger partial charge in [0, 0.05) is 12.2 Å². The van der Waals surface area contributed by atoms with Crippen LogP contribution in [-0.2, 0) is 28.2 Å². The van der Waals surface area contributed by atoms with Gasteiger partial charge in [-0.25, -0.2) is 4.57 Å². The molecular weight excluding hydrogens is 479 g/mol. The molecule has 0 saturated heterocycles. The molecule has 0 unspecified atom stereocenters. The molecule has 34 heavy (non-hydrogen) atoms. The molecule has 0 fully saturated rings. The number of esters is 1. The minimum absolute atomic E-state index is 0.297. The van der Waals surface area contributed by atoms with Crippen LogP contribution < -0.4 is 0 Å². The number of hydrogen-bond donors (Lipinski definition) is 2. The van der Waals surface area contributed by atoms with Crippen LogP contribution in [0.1, 0.15) is 110 Å². The number of carbonyl (C=O) groups is 2. The van der Waals surface area contributed by atoms with Crippen molar-refractivity contribution in [1.29, 1.82) is 0 Å². The van der Waals surface area contributed by atoms with Crippen molar-refractivity contribution in [2.24, 2.45) is 0 Å². The second kappa shape index (κ2) is 24.1. The molecule has 0 bridgehead atoms. The molecule has 0 aromatic heterocycles. The Kier molecular flexibility index (Phi) is 23.7. The van der Waals surface area contributed by atoms with E-state index in [4.69, 9.17) is 14.5 Å². The number of phosphoric ester groups is 1. The molecule has 0 spiro atoms. The van der Waals surface area contributed by atoms with Gasteiger partial charge in [-0.05, 0) is 25.0 Å².